The molecule has 0 aromatic carbocycles. The lowest BCUT2D eigenvalue weighted by molar-refractivity contribution is 0.229. The lowest BCUT2D eigenvalue weighted by atomic mass is 10.0. The molecule has 0 saturated heterocycles. The molecule has 1 heterocycles. The molecule has 1 rings (SSSR count). The van der Waals surface area contributed by atoms with E-state index in [1.54, 1.807) is 24.5 Å². The van der Waals surface area contributed by atoms with E-state index in [0.717, 1.165) is 0 Å². The van der Waals surface area contributed by atoms with Crippen LogP contribution in [0.4, 0.5) is 0 Å². The van der Waals surface area contributed by atoms with Crippen molar-refractivity contribution in [2.24, 2.45) is 0 Å². The Bertz CT molecular complexity index is 410. The third-order valence-corrected chi connectivity index (χ3v) is 3.29. The van der Waals surface area contributed by atoms with Crippen LogP contribution in [0, 0.1) is 6.92 Å². The molecule has 0 amide bonds. The molecule has 0 N–H and O–H groups in total. The summed E-state index contributed by atoms with van der Waals surface area (Å²) in [6.07, 6.45) is 5.94. The fourth-order valence-electron chi connectivity index (χ4n) is 1.58. The molecule has 0 aliphatic carbocycles. The summed E-state index contributed by atoms with van der Waals surface area (Å²) >= 11 is 1.80. The molecule has 1 aromatic heterocycles. The van der Waals surface area contributed by atoms with E-state index in [-0.39, 0.29) is 0 Å². The molecule has 0 atom stereocenters. The first-order valence-corrected chi connectivity index (χ1v) is 7.08. The Labute approximate surface area is 116 Å². The number of rotatable bonds is 5. The Balaban J connectivity index is 0.00000137. The molecule has 0 unspecified atom stereocenters. The normalized spacial score (nSPS) is 11.8. The van der Waals surface area contributed by atoms with Gasteiger partial charge in [0.1, 0.15) is 0 Å². The van der Waals surface area contributed by atoms with Crippen molar-refractivity contribution in [2.75, 3.05) is 13.7 Å². The van der Waals surface area contributed by atoms with Gasteiger partial charge in [0.25, 0.3) is 0 Å². The van der Waals surface area contributed by atoms with Crippen LogP contribution in [0.1, 0.15) is 30.5 Å². The van der Waals surface area contributed by atoms with Crippen LogP contribution in [0.3, 0.4) is 0 Å². The molecule has 1 nitrogen and oxygen atoms in total. The third kappa shape index (κ3) is 5.03. The summed E-state index contributed by atoms with van der Waals surface area (Å²) in [7, 11) is 1.71. The van der Waals surface area contributed by atoms with Gasteiger partial charge in [0, 0.05) is 16.9 Å². The van der Waals surface area contributed by atoms with Crippen molar-refractivity contribution in [1.29, 1.82) is 0 Å². The SMILES string of the molecule is C=C/C=C(COC)\C(=C/C)c1ccc(C)s1.CC. The van der Waals surface area contributed by atoms with E-state index in [9.17, 15) is 0 Å². The number of methoxy groups -OCH3 is 1. The predicted octanol–water partition coefficient (Wildman–Crippen LogP) is 5.24. The number of hydrogen-bond acceptors (Lipinski definition) is 2. The zero-order valence-corrected chi connectivity index (χ0v) is 12.9. The molecule has 18 heavy (non-hydrogen) atoms. The monoisotopic (exact) mass is 264 g/mol. The van der Waals surface area contributed by atoms with Crippen molar-refractivity contribution in [3.8, 4) is 0 Å². The average Bonchev–Trinajstić information content (AvgIpc) is 2.80. The zero-order valence-electron chi connectivity index (χ0n) is 12.1. The van der Waals surface area contributed by atoms with Gasteiger partial charge in [-0.1, -0.05) is 38.7 Å². The van der Waals surface area contributed by atoms with Crippen molar-refractivity contribution >= 4 is 16.9 Å². The first-order chi connectivity index (χ1) is 8.72. The van der Waals surface area contributed by atoms with Gasteiger partial charge >= 0.3 is 0 Å². The average molecular weight is 264 g/mol. The van der Waals surface area contributed by atoms with Gasteiger partial charge in [-0.25, -0.2) is 0 Å². The highest BCUT2D eigenvalue weighted by Gasteiger charge is 2.08. The van der Waals surface area contributed by atoms with E-state index >= 15 is 0 Å². The molecule has 0 aliphatic rings. The van der Waals surface area contributed by atoms with Gasteiger partial charge in [-0.2, -0.15) is 0 Å². The van der Waals surface area contributed by atoms with Gasteiger partial charge in [-0.15, -0.1) is 11.3 Å². The molecule has 0 fully saturated rings. The highest BCUT2D eigenvalue weighted by Crippen LogP contribution is 2.29. The van der Waals surface area contributed by atoms with E-state index in [1.807, 2.05) is 19.9 Å². The summed E-state index contributed by atoms with van der Waals surface area (Å²) in [4.78, 5) is 2.61. The van der Waals surface area contributed by atoms with Crippen LogP contribution >= 0.6 is 11.3 Å². The summed E-state index contributed by atoms with van der Waals surface area (Å²) < 4.78 is 5.22. The van der Waals surface area contributed by atoms with E-state index in [0.29, 0.717) is 6.61 Å². The summed E-state index contributed by atoms with van der Waals surface area (Å²) in [5.41, 5.74) is 2.40. The standard InChI is InChI=1S/C14H18OS.C2H6/c1-5-7-12(10-15-4)13(6-2)14-9-8-11(3)16-14;1-2/h5-9H,1,10H2,2-4H3;1-2H3/b12-7-,13-6+;. The second-order valence-electron chi connectivity index (χ2n) is 3.47. The minimum atomic E-state index is 0.614. The molecular weight excluding hydrogens is 240 g/mol. The quantitative estimate of drug-likeness (QED) is 0.660. The molecule has 2 heteroatoms. The first kappa shape index (κ1) is 16.9. The number of thiophene rings is 1. The molecule has 1 aromatic rings. The number of ether oxygens (including phenoxy) is 1. The topological polar surface area (TPSA) is 9.23 Å². The molecule has 0 aliphatic heterocycles. The number of aryl methyl sites for hydroxylation is 1. The molecule has 0 bridgehead atoms. The maximum absolute atomic E-state index is 5.22. The van der Waals surface area contributed by atoms with Gasteiger partial charge in [-0.3, -0.25) is 0 Å². The van der Waals surface area contributed by atoms with Gasteiger partial charge in [0.05, 0.1) is 6.61 Å². The largest absolute Gasteiger partial charge is 0.380 e. The van der Waals surface area contributed by atoms with Crippen LogP contribution in [0.2, 0.25) is 0 Å². The second kappa shape index (κ2) is 9.86. The zero-order chi connectivity index (χ0) is 14.0. The van der Waals surface area contributed by atoms with Crippen LogP contribution < -0.4 is 0 Å². The van der Waals surface area contributed by atoms with E-state index < -0.39 is 0 Å². The number of allylic oxidation sites excluding steroid dienone is 3. The van der Waals surface area contributed by atoms with Crippen LogP contribution in [-0.4, -0.2) is 13.7 Å². The van der Waals surface area contributed by atoms with Crippen LogP contribution in [0.5, 0.6) is 0 Å². The highest BCUT2D eigenvalue weighted by atomic mass is 32.1. The number of hydrogen-bond donors (Lipinski definition) is 0. The van der Waals surface area contributed by atoms with Crippen LogP contribution in [0.25, 0.3) is 5.57 Å². The fraction of sp³-hybridized carbons (Fsp3) is 0.375. The van der Waals surface area contributed by atoms with Crippen molar-refractivity contribution in [1.82, 2.24) is 0 Å². The summed E-state index contributed by atoms with van der Waals surface area (Å²) in [5, 5.41) is 0. The minimum absolute atomic E-state index is 0.614. The lowest BCUT2D eigenvalue weighted by Crippen LogP contribution is -1.96. The molecule has 0 saturated carbocycles. The van der Waals surface area contributed by atoms with Gasteiger partial charge < -0.3 is 4.74 Å². The maximum Gasteiger partial charge on any atom is 0.0719 e. The van der Waals surface area contributed by atoms with E-state index in [2.05, 4.69) is 38.6 Å². The minimum Gasteiger partial charge on any atom is -0.380 e. The Morgan fingerprint density at radius 3 is 2.44 bits per heavy atom. The Morgan fingerprint density at radius 1 is 1.39 bits per heavy atom. The Kier molecular flexibility index (Phi) is 9.25. The van der Waals surface area contributed by atoms with Crippen LogP contribution in [0.15, 0.2) is 42.5 Å². The fourth-order valence-corrected chi connectivity index (χ4v) is 2.56. The van der Waals surface area contributed by atoms with Gasteiger partial charge in [0.2, 0.25) is 0 Å². The van der Waals surface area contributed by atoms with Crippen molar-refractivity contribution < 1.29 is 4.74 Å². The molecule has 100 valence electrons. The van der Waals surface area contributed by atoms with Crippen LogP contribution in [-0.2, 0) is 4.74 Å². The molecule has 0 spiro atoms. The van der Waals surface area contributed by atoms with Gasteiger partial charge in [0.15, 0.2) is 0 Å². The first-order valence-electron chi connectivity index (χ1n) is 6.27. The highest BCUT2D eigenvalue weighted by molar-refractivity contribution is 7.13. The Morgan fingerprint density at radius 2 is 2.06 bits per heavy atom. The van der Waals surface area contributed by atoms with E-state index in [1.165, 1.54) is 20.9 Å². The third-order valence-electron chi connectivity index (χ3n) is 2.26. The molecule has 0 radical (unpaired) electrons. The lowest BCUT2D eigenvalue weighted by Gasteiger charge is -2.09. The smallest absolute Gasteiger partial charge is 0.0719 e. The summed E-state index contributed by atoms with van der Waals surface area (Å²) in [6.45, 7) is 12.5. The predicted molar refractivity (Wildman–Crippen MR) is 84.2 cm³/mol. The van der Waals surface area contributed by atoms with E-state index in [4.69, 9.17) is 4.74 Å². The maximum atomic E-state index is 5.22. The summed E-state index contributed by atoms with van der Waals surface area (Å²) in [5.74, 6) is 0. The second-order valence-corrected chi connectivity index (χ2v) is 4.76. The van der Waals surface area contributed by atoms with Crippen molar-refractivity contribution in [2.45, 2.75) is 27.7 Å². The Hall–Kier alpha value is -1.12. The van der Waals surface area contributed by atoms with Gasteiger partial charge in [-0.05, 0) is 37.1 Å². The van der Waals surface area contributed by atoms with Crippen molar-refractivity contribution in [3.63, 3.8) is 0 Å². The summed E-state index contributed by atoms with van der Waals surface area (Å²) in [6, 6.07) is 4.30. The van der Waals surface area contributed by atoms with Crippen molar-refractivity contribution in [3.05, 3.63) is 52.3 Å². The molecular formula is C16H24OS.